The topological polar surface area (TPSA) is 35.5 Å². The van der Waals surface area contributed by atoms with Crippen LogP contribution in [0.2, 0.25) is 5.02 Å². The zero-order valence-corrected chi connectivity index (χ0v) is 11.8. The Labute approximate surface area is 114 Å². The third kappa shape index (κ3) is 2.63. The fraction of sp³-hybridized carbons (Fsp3) is 0.571. The number of likely N-dealkylation sites (N-methyl/N-ethyl adjacent to an activating group) is 1. The molecule has 1 aliphatic rings. The molecule has 0 unspecified atom stereocenters. The van der Waals surface area contributed by atoms with Crippen molar-refractivity contribution in [3.05, 3.63) is 28.8 Å². The lowest BCUT2D eigenvalue weighted by Gasteiger charge is -2.41. The molecule has 0 spiro atoms. The average Bonchev–Trinajstić information content (AvgIpc) is 2.42. The SMILES string of the molecule is CNC1(CO)CCN(c2ccc(C)c(Cl)c2)CC1. The van der Waals surface area contributed by atoms with E-state index in [9.17, 15) is 5.11 Å². The van der Waals surface area contributed by atoms with E-state index in [1.165, 1.54) is 5.69 Å². The second-order valence-electron chi connectivity index (χ2n) is 5.11. The van der Waals surface area contributed by atoms with Crippen LogP contribution in [0.15, 0.2) is 18.2 Å². The van der Waals surface area contributed by atoms with Crippen LogP contribution in [-0.4, -0.2) is 37.4 Å². The van der Waals surface area contributed by atoms with Crippen molar-refractivity contribution in [3.8, 4) is 0 Å². The van der Waals surface area contributed by atoms with Gasteiger partial charge < -0.3 is 15.3 Å². The molecule has 1 heterocycles. The van der Waals surface area contributed by atoms with Crippen LogP contribution in [0, 0.1) is 6.92 Å². The lowest BCUT2D eigenvalue weighted by atomic mass is 9.88. The van der Waals surface area contributed by atoms with Gasteiger partial charge in [0.15, 0.2) is 0 Å². The summed E-state index contributed by atoms with van der Waals surface area (Å²) in [5.41, 5.74) is 2.18. The molecule has 1 aromatic rings. The number of rotatable bonds is 3. The van der Waals surface area contributed by atoms with Crippen LogP contribution in [-0.2, 0) is 0 Å². The highest BCUT2D eigenvalue weighted by Crippen LogP contribution is 2.28. The van der Waals surface area contributed by atoms with Gasteiger partial charge in [0, 0.05) is 29.3 Å². The van der Waals surface area contributed by atoms with Crippen molar-refractivity contribution < 1.29 is 5.11 Å². The fourth-order valence-corrected chi connectivity index (χ4v) is 2.63. The highest BCUT2D eigenvalue weighted by atomic mass is 35.5. The molecule has 0 bridgehead atoms. The van der Waals surface area contributed by atoms with Crippen molar-refractivity contribution in [1.29, 1.82) is 0 Å². The van der Waals surface area contributed by atoms with Crippen molar-refractivity contribution in [3.63, 3.8) is 0 Å². The van der Waals surface area contributed by atoms with Gasteiger partial charge in [-0.3, -0.25) is 0 Å². The van der Waals surface area contributed by atoms with Gasteiger partial charge in [-0.25, -0.2) is 0 Å². The van der Waals surface area contributed by atoms with Crippen LogP contribution in [0.4, 0.5) is 5.69 Å². The molecular weight excluding hydrogens is 248 g/mol. The van der Waals surface area contributed by atoms with Gasteiger partial charge in [0.25, 0.3) is 0 Å². The van der Waals surface area contributed by atoms with E-state index in [1.54, 1.807) is 0 Å². The number of anilines is 1. The second-order valence-corrected chi connectivity index (χ2v) is 5.52. The first-order valence-electron chi connectivity index (χ1n) is 6.41. The Hall–Kier alpha value is -0.770. The Balaban J connectivity index is 2.07. The van der Waals surface area contributed by atoms with Crippen LogP contribution in [0.5, 0.6) is 0 Å². The molecule has 100 valence electrons. The van der Waals surface area contributed by atoms with Crippen LogP contribution < -0.4 is 10.2 Å². The summed E-state index contributed by atoms with van der Waals surface area (Å²) in [6.07, 6.45) is 1.90. The molecule has 1 aliphatic heterocycles. The summed E-state index contributed by atoms with van der Waals surface area (Å²) in [6, 6.07) is 6.21. The first-order valence-corrected chi connectivity index (χ1v) is 6.79. The first-order chi connectivity index (χ1) is 8.60. The number of benzene rings is 1. The highest BCUT2D eigenvalue weighted by molar-refractivity contribution is 6.31. The number of nitrogens with zero attached hydrogens (tertiary/aromatic N) is 1. The second kappa shape index (κ2) is 5.47. The number of hydrogen-bond acceptors (Lipinski definition) is 3. The van der Waals surface area contributed by atoms with Gasteiger partial charge in [-0.2, -0.15) is 0 Å². The Morgan fingerprint density at radius 2 is 2.06 bits per heavy atom. The smallest absolute Gasteiger partial charge is 0.0614 e. The van der Waals surface area contributed by atoms with Crippen molar-refractivity contribution in [1.82, 2.24) is 5.32 Å². The number of hydrogen-bond donors (Lipinski definition) is 2. The van der Waals surface area contributed by atoms with E-state index in [4.69, 9.17) is 11.6 Å². The summed E-state index contributed by atoms with van der Waals surface area (Å²) in [7, 11) is 1.93. The molecule has 3 nitrogen and oxygen atoms in total. The number of halogens is 1. The lowest BCUT2D eigenvalue weighted by Crippen LogP contribution is -2.54. The number of aryl methyl sites for hydroxylation is 1. The molecule has 0 amide bonds. The monoisotopic (exact) mass is 268 g/mol. The Kier molecular flexibility index (Phi) is 4.15. The molecular formula is C14H21ClN2O. The number of aliphatic hydroxyl groups excluding tert-OH is 1. The van der Waals surface area contributed by atoms with Crippen LogP contribution in [0.3, 0.4) is 0 Å². The summed E-state index contributed by atoms with van der Waals surface area (Å²) in [5.74, 6) is 0. The van der Waals surface area contributed by atoms with Crippen LogP contribution in [0.25, 0.3) is 0 Å². The molecule has 0 atom stereocenters. The summed E-state index contributed by atoms with van der Waals surface area (Å²) in [6.45, 7) is 4.10. The highest BCUT2D eigenvalue weighted by Gasteiger charge is 2.32. The molecule has 1 saturated heterocycles. The fourth-order valence-electron chi connectivity index (χ4n) is 2.46. The molecule has 0 aliphatic carbocycles. The third-order valence-electron chi connectivity index (χ3n) is 4.07. The molecule has 0 saturated carbocycles. The third-order valence-corrected chi connectivity index (χ3v) is 4.48. The van der Waals surface area contributed by atoms with Gasteiger partial charge in [0.2, 0.25) is 0 Å². The van der Waals surface area contributed by atoms with E-state index < -0.39 is 0 Å². The van der Waals surface area contributed by atoms with Crippen molar-refractivity contribution in [2.75, 3.05) is 31.6 Å². The average molecular weight is 269 g/mol. The molecule has 1 fully saturated rings. The van der Waals surface area contributed by atoms with Crippen molar-refractivity contribution in [2.24, 2.45) is 0 Å². The summed E-state index contributed by atoms with van der Waals surface area (Å²) < 4.78 is 0. The Bertz CT molecular complexity index is 408. The van der Waals surface area contributed by atoms with E-state index >= 15 is 0 Å². The van der Waals surface area contributed by atoms with Crippen molar-refractivity contribution >= 4 is 17.3 Å². The van der Waals surface area contributed by atoms with E-state index in [0.29, 0.717) is 0 Å². The molecule has 4 heteroatoms. The van der Waals surface area contributed by atoms with Crippen molar-refractivity contribution in [2.45, 2.75) is 25.3 Å². The largest absolute Gasteiger partial charge is 0.394 e. The van der Waals surface area contributed by atoms with E-state index in [2.05, 4.69) is 22.3 Å². The molecule has 2 rings (SSSR count). The minimum atomic E-state index is -0.106. The number of aliphatic hydroxyl groups is 1. The lowest BCUT2D eigenvalue weighted by molar-refractivity contribution is 0.142. The van der Waals surface area contributed by atoms with Gasteiger partial charge >= 0.3 is 0 Å². The molecule has 1 aromatic carbocycles. The maximum absolute atomic E-state index is 9.48. The Morgan fingerprint density at radius 1 is 1.39 bits per heavy atom. The van der Waals surface area contributed by atoms with E-state index in [0.717, 1.165) is 36.5 Å². The van der Waals surface area contributed by atoms with Gasteiger partial charge in [-0.15, -0.1) is 0 Å². The maximum atomic E-state index is 9.48. The molecule has 2 N–H and O–H groups in total. The quantitative estimate of drug-likeness (QED) is 0.882. The van der Waals surface area contributed by atoms with Crippen LogP contribution in [0.1, 0.15) is 18.4 Å². The normalized spacial score (nSPS) is 19.0. The van der Waals surface area contributed by atoms with Gasteiger partial charge in [0.1, 0.15) is 0 Å². The van der Waals surface area contributed by atoms with Gasteiger partial charge in [0.05, 0.1) is 6.61 Å². The number of piperidine rings is 1. The standard InChI is InChI=1S/C14H21ClN2O/c1-11-3-4-12(9-13(11)15)17-7-5-14(10-18,16-2)6-8-17/h3-4,9,16,18H,5-8,10H2,1-2H3. The van der Waals surface area contributed by atoms with Gasteiger partial charge in [-0.05, 0) is 44.5 Å². The summed E-state index contributed by atoms with van der Waals surface area (Å²) in [5, 5.41) is 13.6. The summed E-state index contributed by atoms with van der Waals surface area (Å²) in [4.78, 5) is 2.33. The summed E-state index contributed by atoms with van der Waals surface area (Å²) >= 11 is 6.16. The predicted molar refractivity (Wildman–Crippen MR) is 76.5 cm³/mol. The molecule has 0 aromatic heterocycles. The van der Waals surface area contributed by atoms with Crippen LogP contribution >= 0.6 is 11.6 Å². The molecule has 18 heavy (non-hydrogen) atoms. The minimum absolute atomic E-state index is 0.106. The molecule has 0 radical (unpaired) electrons. The zero-order valence-electron chi connectivity index (χ0n) is 11.0. The number of nitrogens with one attached hydrogen (secondary N) is 1. The van der Waals surface area contributed by atoms with Gasteiger partial charge in [-0.1, -0.05) is 17.7 Å². The van der Waals surface area contributed by atoms with E-state index in [1.807, 2.05) is 20.0 Å². The maximum Gasteiger partial charge on any atom is 0.0614 e. The van der Waals surface area contributed by atoms with E-state index in [-0.39, 0.29) is 12.1 Å². The first kappa shape index (κ1) is 13.7. The predicted octanol–water partition coefficient (Wildman–Crippen LogP) is 2.20. The zero-order chi connectivity index (χ0) is 13.2. The minimum Gasteiger partial charge on any atom is -0.394 e. The Morgan fingerprint density at radius 3 is 2.56 bits per heavy atom.